The molecule has 220 valence electrons. The number of β-amino-alcohol motifs (C(OH)–C–C–N with tert-alkyl or cyclic N) is 1. The van der Waals surface area contributed by atoms with Crippen LogP contribution in [-0.4, -0.2) is 77.5 Å². The molecule has 0 saturated carbocycles. The highest BCUT2D eigenvalue weighted by molar-refractivity contribution is 7.92. The number of carbonyl (C=O) groups excluding carboxylic acids is 1. The van der Waals surface area contributed by atoms with Gasteiger partial charge in [0.25, 0.3) is 15.9 Å². The van der Waals surface area contributed by atoms with Gasteiger partial charge >= 0.3 is 0 Å². The van der Waals surface area contributed by atoms with Crippen molar-refractivity contribution in [2.75, 3.05) is 30.9 Å². The summed E-state index contributed by atoms with van der Waals surface area (Å²) in [7, 11) is -4.15. The Morgan fingerprint density at radius 3 is 2.37 bits per heavy atom. The molecule has 0 radical (unpaired) electrons. The van der Waals surface area contributed by atoms with Gasteiger partial charge in [-0.25, -0.2) is 23.1 Å². The van der Waals surface area contributed by atoms with Gasteiger partial charge in [-0.2, -0.15) is 0 Å². The minimum Gasteiger partial charge on any atom is -0.390 e. The average molecular weight is 600 g/mol. The smallest absolute Gasteiger partial charge is 0.264 e. The molecule has 9 nitrogen and oxygen atoms in total. The maximum atomic E-state index is 13.5. The summed E-state index contributed by atoms with van der Waals surface area (Å²) in [5, 5.41) is 10.8. The van der Waals surface area contributed by atoms with E-state index in [0.717, 1.165) is 16.7 Å². The standard InChI is InChI=1S/C30H38ClN5O4S/c1-19-9-7-10-20(2)27(19)25-16-26(31)33-29(32-25)34-41(39,40)24-12-8-11-22(15-24)28(38)36-14-13-35(17-23(37)18-36)21(3)30(4,5)6/h7-12,15-16,21,23,37H,13-14,17-18H2,1-6H3,(H,32,33,34)/t21?,23-/m1/s1. The van der Waals surface area contributed by atoms with Crippen molar-refractivity contribution in [3.05, 3.63) is 70.4 Å². The lowest BCUT2D eigenvalue weighted by atomic mass is 9.87. The Hall–Kier alpha value is -3.05. The first-order valence-electron chi connectivity index (χ1n) is 13.6. The van der Waals surface area contributed by atoms with Crippen LogP contribution in [0.25, 0.3) is 11.3 Å². The monoisotopic (exact) mass is 599 g/mol. The largest absolute Gasteiger partial charge is 0.390 e. The maximum Gasteiger partial charge on any atom is 0.264 e. The molecule has 2 aromatic carbocycles. The highest BCUT2D eigenvalue weighted by atomic mass is 35.5. The van der Waals surface area contributed by atoms with E-state index in [1.807, 2.05) is 32.0 Å². The third kappa shape index (κ3) is 7.24. The molecule has 0 spiro atoms. The minimum absolute atomic E-state index is 0.0147. The zero-order chi connectivity index (χ0) is 30.1. The number of nitrogens with zero attached hydrogens (tertiary/aromatic N) is 4. The van der Waals surface area contributed by atoms with Crippen molar-refractivity contribution in [1.82, 2.24) is 19.8 Å². The van der Waals surface area contributed by atoms with Gasteiger partial charge in [0.05, 0.1) is 16.7 Å². The van der Waals surface area contributed by atoms with E-state index in [0.29, 0.717) is 25.3 Å². The molecule has 1 aromatic heterocycles. The van der Waals surface area contributed by atoms with Gasteiger partial charge in [0, 0.05) is 49.4 Å². The summed E-state index contributed by atoms with van der Waals surface area (Å²) < 4.78 is 29.1. The minimum atomic E-state index is -4.15. The van der Waals surface area contributed by atoms with Crippen LogP contribution in [0.2, 0.25) is 5.15 Å². The van der Waals surface area contributed by atoms with Crippen LogP contribution in [0.3, 0.4) is 0 Å². The summed E-state index contributed by atoms with van der Waals surface area (Å²) in [6.07, 6.45) is -0.717. The lowest BCUT2D eigenvalue weighted by Crippen LogP contribution is -2.45. The first-order valence-corrected chi connectivity index (χ1v) is 15.5. The normalized spacial score (nSPS) is 17.7. The fraction of sp³-hybridized carbons (Fsp3) is 0.433. The van der Waals surface area contributed by atoms with Gasteiger partial charge < -0.3 is 10.0 Å². The Morgan fingerprint density at radius 2 is 1.71 bits per heavy atom. The Balaban J connectivity index is 1.56. The third-order valence-electron chi connectivity index (χ3n) is 7.67. The molecule has 2 atom stereocenters. The summed E-state index contributed by atoms with van der Waals surface area (Å²) in [5.41, 5.74) is 3.50. The lowest BCUT2D eigenvalue weighted by Gasteiger charge is -2.37. The van der Waals surface area contributed by atoms with Gasteiger partial charge in [0.15, 0.2) is 0 Å². The van der Waals surface area contributed by atoms with E-state index >= 15 is 0 Å². The fourth-order valence-electron chi connectivity index (χ4n) is 5.07. The van der Waals surface area contributed by atoms with E-state index in [1.165, 1.54) is 18.2 Å². The molecule has 0 bridgehead atoms. The maximum absolute atomic E-state index is 13.5. The molecule has 41 heavy (non-hydrogen) atoms. The number of aromatic nitrogens is 2. The Kier molecular flexibility index (Phi) is 9.08. The molecule has 11 heteroatoms. The second kappa shape index (κ2) is 12.1. The van der Waals surface area contributed by atoms with E-state index in [-0.39, 0.29) is 45.5 Å². The number of aliphatic hydroxyl groups excluding tert-OH is 1. The van der Waals surface area contributed by atoms with Gasteiger partial charge in [-0.15, -0.1) is 0 Å². The number of aryl methyl sites for hydroxylation is 2. The van der Waals surface area contributed by atoms with Crippen LogP contribution in [0.5, 0.6) is 0 Å². The number of hydrogen-bond donors (Lipinski definition) is 2. The van der Waals surface area contributed by atoms with Gasteiger partial charge in [-0.1, -0.05) is 56.6 Å². The number of nitrogens with one attached hydrogen (secondary N) is 1. The molecule has 3 aromatic rings. The van der Waals surface area contributed by atoms with E-state index in [1.54, 1.807) is 17.0 Å². The molecule has 1 aliphatic rings. The predicted molar refractivity (Wildman–Crippen MR) is 162 cm³/mol. The number of aliphatic hydroxyl groups is 1. The van der Waals surface area contributed by atoms with Crippen LogP contribution in [0.15, 0.2) is 53.4 Å². The molecule has 1 saturated heterocycles. The molecule has 1 fully saturated rings. The topological polar surface area (TPSA) is 116 Å². The number of sulfonamides is 1. The van der Waals surface area contributed by atoms with E-state index in [9.17, 15) is 18.3 Å². The van der Waals surface area contributed by atoms with Gasteiger partial charge in [0.1, 0.15) is 5.15 Å². The van der Waals surface area contributed by atoms with Crippen LogP contribution in [0.4, 0.5) is 5.95 Å². The first kappa shape index (κ1) is 30.9. The van der Waals surface area contributed by atoms with Crippen LogP contribution < -0.4 is 4.72 Å². The SMILES string of the molecule is Cc1cccc(C)c1-c1cc(Cl)nc(NS(=O)(=O)c2cccc(C(=O)N3CCN(C(C)C(C)(C)C)C[C@@H](O)C3)c2)n1. The van der Waals surface area contributed by atoms with Crippen LogP contribution in [0.1, 0.15) is 49.2 Å². The summed E-state index contributed by atoms with van der Waals surface area (Å²) in [6, 6.07) is 13.4. The summed E-state index contributed by atoms with van der Waals surface area (Å²) in [6.45, 7) is 14.1. The molecule has 2 N–H and O–H groups in total. The van der Waals surface area contributed by atoms with Crippen LogP contribution in [-0.2, 0) is 10.0 Å². The van der Waals surface area contributed by atoms with Crippen molar-refractivity contribution in [1.29, 1.82) is 0 Å². The van der Waals surface area contributed by atoms with Crippen molar-refractivity contribution in [3.63, 3.8) is 0 Å². The van der Waals surface area contributed by atoms with Crippen molar-refractivity contribution in [2.24, 2.45) is 5.41 Å². The van der Waals surface area contributed by atoms with E-state index in [2.05, 4.69) is 47.3 Å². The van der Waals surface area contributed by atoms with Crippen molar-refractivity contribution < 1.29 is 18.3 Å². The van der Waals surface area contributed by atoms with E-state index < -0.39 is 16.1 Å². The highest BCUT2D eigenvalue weighted by Crippen LogP contribution is 2.29. The highest BCUT2D eigenvalue weighted by Gasteiger charge is 2.32. The summed E-state index contributed by atoms with van der Waals surface area (Å²) in [5.74, 6) is -0.515. The number of amides is 1. The first-order chi connectivity index (χ1) is 19.2. The number of rotatable bonds is 6. The number of hydrogen-bond acceptors (Lipinski definition) is 7. The number of halogens is 1. The average Bonchev–Trinajstić information content (AvgIpc) is 3.08. The van der Waals surface area contributed by atoms with Crippen molar-refractivity contribution in [2.45, 2.75) is 58.6 Å². The predicted octanol–water partition coefficient (Wildman–Crippen LogP) is 4.77. The summed E-state index contributed by atoms with van der Waals surface area (Å²) in [4.78, 5) is 25.6. The molecule has 1 amide bonds. The molecule has 1 unspecified atom stereocenters. The molecule has 0 aliphatic carbocycles. The van der Waals surface area contributed by atoms with Gasteiger partial charge in [-0.05, 0) is 55.5 Å². The van der Waals surface area contributed by atoms with Gasteiger partial charge in [0.2, 0.25) is 5.95 Å². The zero-order valence-corrected chi connectivity index (χ0v) is 25.9. The van der Waals surface area contributed by atoms with Crippen molar-refractivity contribution >= 4 is 33.5 Å². The third-order valence-corrected chi connectivity index (χ3v) is 9.19. The zero-order valence-electron chi connectivity index (χ0n) is 24.3. The Bertz CT molecular complexity index is 1520. The quantitative estimate of drug-likeness (QED) is 0.392. The van der Waals surface area contributed by atoms with Crippen molar-refractivity contribution in [3.8, 4) is 11.3 Å². The van der Waals surface area contributed by atoms with Crippen LogP contribution >= 0.6 is 11.6 Å². The number of carbonyl (C=O) groups is 1. The Morgan fingerprint density at radius 1 is 1.05 bits per heavy atom. The lowest BCUT2D eigenvalue weighted by molar-refractivity contribution is 0.0597. The van der Waals surface area contributed by atoms with E-state index in [4.69, 9.17) is 11.6 Å². The number of benzene rings is 2. The second-order valence-corrected chi connectivity index (χ2v) is 13.8. The molecular weight excluding hydrogens is 562 g/mol. The molecule has 2 heterocycles. The second-order valence-electron chi connectivity index (χ2n) is 11.7. The molecular formula is C30H38ClN5O4S. The fourth-order valence-corrected chi connectivity index (χ4v) is 6.24. The van der Waals surface area contributed by atoms with Crippen LogP contribution in [0, 0.1) is 19.3 Å². The Labute approximate surface area is 247 Å². The molecule has 1 aliphatic heterocycles. The number of anilines is 1. The molecule has 4 rings (SSSR count). The van der Waals surface area contributed by atoms with Gasteiger partial charge in [-0.3, -0.25) is 9.69 Å². The summed E-state index contributed by atoms with van der Waals surface area (Å²) >= 11 is 6.25.